The summed E-state index contributed by atoms with van der Waals surface area (Å²) in [5.74, 6) is 0.763. The number of amides is 2. The maximum atomic E-state index is 12.7. The minimum Gasteiger partial charge on any atom is -0.350 e. The topological polar surface area (TPSA) is 62.3 Å². The van der Waals surface area contributed by atoms with Crippen molar-refractivity contribution in [1.82, 2.24) is 15.2 Å². The number of hydrogen-bond donors (Lipinski definition) is 1. The number of nitrogens with one attached hydrogen (secondary N) is 1. The maximum absolute atomic E-state index is 12.7. The van der Waals surface area contributed by atoms with E-state index in [1.807, 2.05) is 40.6 Å². The normalized spacial score (nSPS) is 20.0. The van der Waals surface area contributed by atoms with Crippen LogP contribution in [0.25, 0.3) is 0 Å². The predicted octanol–water partition coefficient (Wildman–Crippen LogP) is 3.19. The lowest BCUT2D eigenvalue weighted by atomic mass is 9.98. The molecule has 1 saturated heterocycles. The van der Waals surface area contributed by atoms with Crippen molar-refractivity contribution >= 4 is 23.2 Å². The Labute approximate surface area is 157 Å². The standard InChI is InChI=1S/C20H23N3O2S/c24-18(14-8-9-14)21-11-17-13-26-19(22-17)16-7-4-10-23(12-16)20(25)15-5-2-1-3-6-15/h1-3,5-6,13-14,16H,4,7-12H2,(H,21,24)/t16-/m1/s1. The van der Waals surface area contributed by atoms with Gasteiger partial charge in [-0.25, -0.2) is 4.98 Å². The number of benzene rings is 1. The number of carbonyl (C=O) groups excluding carboxylic acids is 2. The fraction of sp³-hybridized carbons (Fsp3) is 0.450. The van der Waals surface area contributed by atoms with Crippen LogP contribution < -0.4 is 5.32 Å². The number of thiazole rings is 1. The first-order valence-electron chi connectivity index (χ1n) is 9.27. The molecule has 0 radical (unpaired) electrons. The van der Waals surface area contributed by atoms with Crippen LogP contribution in [0, 0.1) is 5.92 Å². The van der Waals surface area contributed by atoms with Gasteiger partial charge in [0.05, 0.1) is 17.2 Å². The van der Waals surface area contributed by atoms with Crippen molar-refractivity contribution in [3.05, 3.63) is 52.0 Å². The Morgan fingerprint density at radius 1 is 1.19 bits per heavy atom. The molecule has 2 aliphatic rings. The molecule has 1 aromatic heterocycles. The van der Waals surface area contributed by atoms with Crippen molar-refractivity contribution in [1.29, 1.82) is 0 Å². The van der Waals surface area contributed by atoms with Gasteiger partial charge in [-0.3, -0.25) is 9.59 Å². The highest BCUT2D eigenvalue weighted by molar-refractivity contribution is 7.09. The number of hydrogen-bond acceptors (Lipinski definition) is 4. The molecule has 0 bridgehead atoms. The average molecular weight is 369 g/mol. The first kappa shape index (κ1) is 17.2. The second kappa shape index (κ2) is 7.58. The minimum atomic E-state index is 0.101. The van der Waals surface area contributed by atoms with Crippen LogP contribution in [-0.2, 0) is 11.3 Å². The second-order valence-corrected chi connectivity index (χ2v) is 8.02. The lowest BCUT2D eigenvalue weighted by Gasteiger charge is -2.32. The van der Waals surface area contributed by atoms with Gasteiger partial charge in [0.15, 0.2) is 0 Å². The molecule has 6 heteroatoms. The molecule has 1 atom stereocenters. The Balaban J connectivity index is 1.37. The number of piperidine rings is 1. The third kappa shape index (κ3) is 3.96. The molecule has 4 rings (SSSR count). The molecule has 1 N–H and O–H groups in total. The molecule has 5 nitrogen and oxygen atoms in total. The molecule has 136 valence electrons. The molecule has 1 aliphatic carbocycles. The van der Waals surface area contributed by atoms with E-state index in [-0.39, 0.29) is 23.7 Å². The molecule has 1 aromatic carbocycles. The highest BCUT2D eigenvalue weighted by atomic mass is 32.1. The quantitative estimate of drug-likeness (QED) is 0.880. The predicted molar refractivity (Wildman–Crippen MR) is 101 cm³/mol. The van der Waals surface area contributed by atoms with Gasteiger partial charge in [-0.1, -0.05) is 18.2 Å². The summed E-state index contributed by atoms with van der Waals surface area (Å²) >= 11 is 1.64. The van der Waals surface area contributed by atoms with Gasteiger partial charge in [0.25, 0.3) is 5.91 Å². The van der Waals surface area contributed by atoms with Gasteiger partial charge in [0, 0.05) is 35.9 Å². The molecule has 1 aliphatic heterocycles. The largest absolute Gasteiger partial charge is 0.350 e. The van der Waals surface area contributed by atoms with Gasteiger partial charge >= 0.3 is 0 Å². The second-order valence-electron chi connectivity index (χ2n) is 7.13. The Kier molecular flexibility index (Phi) is 5.02. The van der Waals surface area contributed by atoms with Gasteiger partial charge < -0.3 is 10.2 Å². The molecule has 26 heavy (non-hydrogen) atoms. The van der Waals surface area contributed by atoms with Gasteiger partial charge in [0.2, 0.25) is 5.91 Å². The Morgan fingerprint density at radius 3 is 2.77 bits per heavy atom. The van der Waals surface area contributed by atoms with E-state index in [2.05, 4.69) is 5.32 Å². The van der Waals surface area contributed by atoms with Crippen molar-refractivity contribution in [2.75, 3.05) is 13.1 Å². The molecule has 2 fully saturated rings. The van der Waals surface area contributed by atoms with Crippen LogP contribution in [0.4, 0.5) is 0 Å². The average Bonchev–Trinajstić information content (AvgIpc) is 3.44. The summed E-state index contributed by atoms with van der Waals surface area (Å²) in [6.45, 7) is 2.03. The highest BCUT2D eigenvalue weighted by Gasteiger charge is 2.30. The van der Waals surface area contributed by atoms with E-state index in [1.54, 1.807) is 11.3 Å². The van der Waals surface area contributed by atoms with Crippen molar-refractivity contribution in [2.45, 2.75) is 38.1 Å². The van der Waals surface area contributed by atoms with Gasteiger partial charge in [-0.2, -0.15) is 0 Å². The van der Waals surface area contributed by atoms with E-state index in [1.165, 1.54) is 0 Å². The summed E-state index contributed by atoms with van der Waals surface area (Å²) in [4.78, 5) is 31.1. The number of nitrogens with zero attached hydrogens (tertiary/aromatic N) is 2. The van der Waals surface area contributed by atoms with Crippen LogP contribution in [-0.4, -0.2) is 34.8 Å². The Bertz CT molecular complexity index is 785. The summed E-state index contributed by atoms with van der Waals surface area (Å²) in [5.41, 5.74) is 1.67. The van der Waals surface area contributed by atoms with E-state index < -0.39 is 0 Å². The summed E-state index contributed by atoms with van der Waals surface area (Å²) in [5, 5.41) is 6.07. The number of likely N-dealkylation sites (tertiary alicyclic amines) is 1. The van der Waals surface area contributed by atoms with Gasteiger partial charge in [0.1, 0.15) is 0 Å². The minimum absolute atomic E-state index is 0.101. The highest BCUT2D eigenvalue weighted by Crippen LogP contribution is 2.31. The Morgan fingerprint density at radius 2 is 2.00 bits per heavy atom. The maximum Gasteiger partial charge on any atom is 0.253 e. The zero-order valence-corrected chi connectivity index (χ0v) is 15.5. The first-order chi connectivity index (χ1) is 12.7. The molecule has 2 amide bonds. The van der Waals surface area contributed by atoms with E-state index in [0.29, 0.717) is 6.54 Å². The zero-order valence-electron chi connectivity index (χ0n) is 14.7. The van der Waals surface area contributed by atoms with E-state index in [4.69, 9.17) is 4.98 Å². The lowest BCUT2D eigenvalue weighted by molar-refractivity contribution is -0.122. The van der Waals surface area contributed by atoms with Crippen LogP contribution >= 0.6 is 11.3 Å². The third-order valence-corrected chi connectivity index (χ3v) is 6.10. The van der Waals surface area contributed by atoms with Gasteiger partial charge in [-0.15, -0.1) is 11.3 Å². The van der Waals surface area contributed by atoms with E-state index in [9.17, 15) is 9.59 Å². The first-order valence-corrected chi connectivity index (χ1v) is 10.1. The zero-order chi connectivity index (χ0) is 17.9. The molecule has 0 spiro atoms. The summed E-state index contributed by atoms with van der Waals surface area (Å²) in [7, 11) is 0. The van der Waals surface area contributed by atoms with Crippen molar-refractivity contribution in [3.8, 4) is 0 Å². The monoisotopic (exact) mass is 369 g/mol. The van der Waals surface area contributed by atoms with Crippen LogP contribution in [0.1, 0.15) is 52.7 Å². The van der Waals surface area contributed by atoms with Crippen LogP contribution in [0.5, 0.6) is 0 Å². The van der Waals surface area contributed by atoms with Crippen molar-refractivity contribution in [3.63, 3.8) is 0 Å². The smallest absolute Gasteiger partial charge is 0.253 e. The molecular formula is C20H23N3O2S. The lowest BCUT2D eigenvalue weighted by Crippen LogP contribution is -2.39. The number of carbonyl (C=O) groups is 2. The third-order valence-electron chi connectivity index (χ3n) is 5.04. The molecule has 2 aromatic rings. The van der Waals surface area contributed by atoms with Gasteiger partial charge in [-0.05, 0) is 37.8 Å². The summed E-state index contributed by atoms with van der Waals surface area (Å²) in [6, 6.07) is 9.47. The fourth-order valence-corrected chi connectivity index (χ4v) is 4.33. The summed E-state index contributed by atoms with van der Waals surface area (Å²) < 4.78 is 0. The molecular weight excluding hydrogens is 346 g/mol. The fourth-order valence-electron chi connectivity index (χ4n) is 3.39. The number of rotatable bonds is 5. The number of aromatic nitrogens is 1. The SMILES string of the molecule is O=C(NCc1csc([C@@H]2CCCN(C(=O)c3ccccc3)C2)n1)C1CC1. The molecule has 1 saturated carbocycles. The van der Waals surface area contributed by atoms with E-state index in [0.717, 1.165) is 55.0 Å². The van der Waals surface area contributed by atoms with Crippen LogP contribution in [0.15, 0.2) is 35.7 Å². The van der Waals surface area contributed by atoms with Crippen molar-refractivity contribution < 1.29 is 9.59 Å². The summed E-state index contributed by atoms with van der Waals surface area (Å²) in [6.07, 6.45) is 4.08. The van der Waals surface area contributed by atoms with Crippen LogP contribution in [0.3, 0.4) is 0 Å². The van der Waals surface area contributed by atoms with Crippen molar-refractivity contribution in [2.24, 2.45) is 5.92 Å². The molecule has 2 heterocycles. The Hall–Kier alpha value is -2.21. The molecule has 0 unspecified atom stereocenters. The van der Waals surface area contributed by atoms with Crippen LogP contribution in [0.2, 0.25) is 0 Å². The van der Waals surface area contributed by atoms with E-state index >= 15 is 0 Å².